The Morgan fingerprint density at radius 3 is 2.27 bits per heavy atom. The number of rotatable bonds is 5. The third kappa shape index (κ3) is 3.70. The second kappa shape index (κ2) is 6.80. The molecule has 0 spiro atoms. The van der Waals surface area contributed by atoms with Crippen LogP contribution in [0.15, 0.2) is 53.4 Å². The van der Waals surface area contributed by atoms with Crippen LogP contribution in [0, 0.1) is 12.8 Å². The Bertz CT molecular complexity index is 937. The van der Waals surface area contributed by atoms with Gasteiger partial charge in [0.25, 0.3) is 10.0 Å². The number of aryl methyl sites for hydroxylation is 1. The fourth-order valence-electron chi connectivity index (χ4n) is 2.79. The smallest absolute Gasteiger partial charge is 0.261 e. The molecule has 1 fully saturated rings. The largest absolute Gasteiger partial charge is 0.369 e. The van der Waals surface area contributed by atoms with Crippen LogP contribution in [0.2, 0.25) is 0 Å². The van der Waals surface area contributed by atoms with E-state index in [1.165, 1.54) is 17.0 Å². The second-order valence-electron chi connectivity index (χ2n) is 6.27. The van der Waals surface area contributed by atoms with Gasteiger partial charge in [-0.1, -0.05) is 17.7 Å². The van der Waals surface area contributed by atoms with Gasteiger partial charge >= 0.3 is 0 Å². The van der Waals surface area contributed by atoms with Crippen LogP contribution in [0.4, 0.5) is 11.4 Å². The zero-order chi connectivity index (χ0) is 18.9. The maximum atomic E-state index is 12.5. The number of carbonyl (C=O) groups excluding carboxylic acids is 2. The van der Waals surface area contributed by atoms with Crippen LogP contribution in [0.25, 0.3) is 0 Å². The van der Waals surface area contributed by atoms with Crippen LogP contribution in [0.3, 0.4) is 0 Å². The summed E-state index contributed by atoms with van der Waals surface area (Å²) in [4.78, 5) is 24.8. The van der Waals surface area contributed by atoms with Gasteiger partial charge in [-0.3, -0.25) is 14.3 Å². The normalized spacial score (nSPS) is 17.3. The Kier molecular flexibility index (Phi) is 4.69. The molecule has 0 aliphatic carbocycles. The number of anilines is 2. The summed E-state index contributed by atoms with van der Waals surface area (Å²) in [5.41, 5.74) is 7.29. The SMILES string of the molecule is Cc1ccc(NS(=O)(=O)c2ccc(N3CC(C(N)=O)CC3=O)cc2)cc1. The highest BCUT2D eigenvalue weighted by Gasteiger charge is 2.34. The van der Waals surface area contributed by atoms with E-state index in [4.69, 9.17) is 5.73 Å². The topological polar surface area (TPSA) is 110 Å². The molecule has 0 radical (unpaired) electrons. The Morgan fingerprint density at radius 1 is 1.12 bits per heavy atom. The van der Waals surface area contributed by atoms with Crippen molar-refractivity contribution in [2.45, 2.75) is 18.2 Å². The van der Waals surface area contributed by atoms with Crippen molar-refractivity contribution in [2.75, 3.05) is 16.2 Å². The Morgan fingerprint density at radius 2 is 1.73 bits per heavy atom. The molecule has 1 unspecified atom stereocenters. The van der Waals surface area contributed by atoms with Gasteiger partial charge in [0.2, 0.25) is 11.8 Å². The number of nitrogens with one attached hydrogen (secondary N) is 1. The summed E-state index contributed by atoms with van der Waals surface area (Å²) in [7, 11) is -3.73. The van der Waals surface area contributed by atoms with Gasteiger partial charge in [0.05, 0.1) is 10.8 Å². The maximum absolute atomic E-state index is 12.5. The minimum Gasteiger partial charge on any atom is -0.369 e. The highest BCUT2D eigenvalue weighted by Crippen LogP contribution is 2.26. The molecule has 0 saturated carbocycles. The molecule has 3 rings (SSSR count). The zero-order valence-electron chi connectivity index (χ0n) is 14.2. The molecule has 1 aliphatic rings. The molecule has 7 nitrogen and oxygen atoms in total. The average molecular weight is 373 g/mol. The molecule has 26 heavy (non-hydrogen) atoms. The van der Waals surface area contributed by atoms with Crippen molar-refractivity contribution >= 4 is 33.2 Å². The van der Waals surface area contributed by atoms with Crippen molar-refractivity contribution in [2.24, 2.45) is 11.7 Å². The summed E-state index contributed by atoms with van der Waals surface area (Å²) in [6.07, 6.45) is 0.0738. The van der Waals surface area contributed by atoms with Crippen molar-refractivity contribution in [3.8, 4) is 0 Å². The van der Waals surface area contributed by atoms with E-state index in [2.05, 4.69) is 4.72 Å². The van der Waals surface area contributed by atoms with E-state index in [9.17, 15) is 18.0 Å². The van der Waals surface area contributed by atoms with Crippen LogP contribution in [-0.2, 0) is 19.6 Å². The highest BCUT2D eigenvalue weighted by molar-refractivity contribution is 7.92. The third-order valence-electron chi connectivity index (χ3n) is 4.29. The summed E-state index contributed by atoms with van der Waals surface area (Å²) < 4.78 is 27.5. The van der Waals surface area contributed by atoms with Gasteiger partial charge in [-0.25, -0.2) is 8.42 Å². The average Bonchev–Trinajstić information content (AvgIpc) is 2.99. The summed E-state index contributed by atoms with van der Waals surface area (Å²) in [5, 5.41) is 0. The lowest BCUT2D eigenvalue weighted by Crippen LogP contribution is -2.28. The van der Waals surface area contributed by atoms with Crippen LogP contribution in [-0.4, -0.2) is 26.8 Å². The van der Waals surface area contributed by atoms with Crippen molar-refractivity contribution in [1.29, 1.82) is 0 Å². The Labute approximate surface area is 151 Å². The molecule has 1 saturated heterocycles. The molecule has 2 aromatic carbocycles. The minimum atomic E-state index is -3.73. The number of hydrogen-bond donors (Lipinski definition) is 2. The third-order valence-corrected chi connectivity index (χ3v) is 5.69. The zero-order valence-corrected chi connectivity index (χ0v) is 15.0. The maximum Gasteiger partial charge on any atom is 0.261 e. The van der Waals surface area contributed by atoms with Crippen LogP contribution >= 0.6 is 0 Å². The molecule has 2 aromatic rings. The van der Waals surface area contributed by atoms with Crippen molar-refractivity contribution in [3.63, 3.8) is 0 Å². The minimum absolute atomic E-state index is 0.0738. The molecule has 1 atom stereocenters. The van der Waals surface area contributed by atoms with Crippen LogP contribution < -0.4 is 15.4 Å². The van der Waals surface area contributed by atoms with E-state index < -0.39 is 21.8 Å². The Hall–Kier alpha value is -2.87. The first kappa shape index (κ1) is 17.9. The van der Waals surface area contributed by atoms with Crippen LogP contribution in [0.5, 0.6) is 0 Å². The van der Waals surface area contributed by atoms with E-state index in [1.54, 1.807) is 24.3 Å². The van der Waals surface area contributed by atoms with E-state index >= 15 is 0 Å². The summed E-state index contributed by atoms with van der Waals surface area (Å²) in [5.74, 6) is -1.24. The van der Waals surface area contributed by atoms with Crippen LogP contribution in [0.1, 0.15) is 12.0 Å². The fraction of sp³-hybridized carbons (Fsp3) is 0.222. The molecular weight excluding hydrogens is 354 g/mol. The van der Waals surface area contributed by atoms with Gasteiger partial charge in [-0.05, 0) is 43.3 Å². The number of sulfonamides is 1. The Balaban J connectivity index is 1.77. The number of hydrogen-bond acceptors (Lipinski definition) is 4. The molecule has 1 aliphatic heterocycles. The van der Waals surface area contributed by atoms with E-state index in [0.29, 0.717) is 11.4 Å². The summed E-state index contributed by atoms with van der Waals surface area (Å²) in [6, 6.07) is 13.0. The van der Waals surface area contributed by atoms with Gasteiger partial charge in [-0.2, -0.15) is 0 Å². The van der Waals surface area contributed by atoms with Crippen molar-refractivity contribution in [3.05, 3.63) is 54.1 Å². The lowest BCUT2D eigenvalue weighted by atomic mass is 10.1. The summed E-state index contributed by atoms with van der Waals surface area (Å²) in [6.45, 7) is 2.13. The number of nitrogens with two attached hydrogens (primary N) is 1. The van der Waals surface area contributed by atoms with Gasteiger partial charge in [0.15, 0.2) is 0 Å². The van der Waals surface area contributed by atoms with Gasteiger partial charge < -0.3 is 10.6 Å². The first-order valence-corrected chi connectivity index (χ1v) is 9.54. The predicted octanol–water partition coefficient (Wildman–Crippen LogP) is 1.63. The van der Waals surface area contributed by atoms with Gasteiger partial charge in [-0.15, -0.1) is 0 Å². The molecule has 0 aromatic heterocycles. The van der Waals surface area contributed by atoms with Gasteiger partial charge in [0.1, 0.15) is 0 Å². The number of carbonyl (C=O) groups is 2. The number of benzene rings is 2. The van der Waals surface area contributed by atoms with Gasteiger partial charge in [0, 0.05) is 24.3 Å². The molecule has 8 heteroatoms. The van der Waals surface area contributed by atoms with Crippen molar-refractivity contribution in [1.82, 2.24) is 0 Å². The van der Waals surface area contributed by atoms with Crippen molar-refractivity contribution < 1.29 is 18.0 Å². The molecule has 2 amide bonds. The quantitative estimate of drug-likeness (QED) is 0.830. The number of primary amides is 1. The number of nitrogens with zero attached hydrogens (tertiary/aromatic N) is 1. The molecule has 0 bridgehead atoms. The van der Waals surface area contributed by atoms with E-state index in [0.717, 1.165) is 5.56 Å². The first-order chi connectivity index (χ1) is 12.3. The molecule has 1 heterocycles. The number of amides is 2. The van der Waals surface area contributed by atoms with E-state index in [1.807, 2.05) is 19.1 Å². The monoisotopic (exact) mass is 373 g/mol. The second-order valence-corrected chi connectivity index (χ2v) is 7.96. The van der Waals surface area contributed by atoms with E-state index in [-0.39, 0.29) is 23.8 Å². The summed E-state index contributed by atoms with van der Waals surface area (Å²) >= 11 is 0. The molecular formula is C18H19N3O4S. The molecule has 3 N–H and O–H groups in total. The lowest BCUT2D eigenvalue weighted by Gasteiger charge is -2.17. The fourth-order valence-corrected chi connectivity index (χ4v) is 3.85. The predicted molar refractivity (Wildman–Crippen MR) is 98.1 cm³/mol. The standard InChI is InChI=1S/C18H19N3O4S/c1-12-2-4-14(5-3-12)20-26(24,25)16-8-6-15(7-9-16)21-11-13(18(19)23)10-17(21)22/h2-9,13,20H,10-11H2,1H3,(H2,19,23). The lowest BCUT2D eigenvalue weighted by molar-refractivity contribution is -0.123. The first-order valence-electron chi connectivity index (χ1n) is 8.05. The highest BCUT2D eigenvalue weighted by atomic mass is 32.2. The molecule has 136 valence electrons.